The van der Waals surface area contributed by atoms with Crippen LogP contribution in [0.2, 0.25) is 0 Å². The molecule has 0 aromatic heterocycles. The number of hydrogen-bond acceptors (Lipinski definition) is 2. The Bertz CT molecular complexity index is 583. The zero-order chi connectivity index (χ0) is 13.2. The minimum atomic E-state index is 0.202. The van der Waals surface area contributed by atoms with Crippen molar-refractivity contribution in [2.24, 2.45) is 0 Å². The summed E-state index contributed by atoms with van der Waals surface area (Å²) in [5.74, 6) is 1.01. The van der Waals surface area contributed by atoms with Crippen molar-refractivity contribution in [1.82, 2.24) is 0 Å². The van der Waals surface area contributed by atoms with E-state index in [4.69, 9.17) is 4.74 Å². The monoisotopic (exact) mass is 381 g/mol. The van der Waals surface area contributed by atoms with E-state index >= 15 is 0 Å². The SMILES string of the molecule is Brc1ccc(NCC2Cc3cc(Br)ccc3O2)cc1. The number of fused-ring (bicyclic) bond motifs is 1. The number of halogens is 2. The van der Waals surface area contributed by atoms with E-state index in [-0.39, 0.29) is 6.10 Å². The number of nitrogens with one attached hydrogen (secondary N) is 1. The third-order valence-electron chi connectivity index (χ3n) is 3.14. The first-order valence-corrected chi connectivity index (χ1v) is 7.74. The molecule has 2 aromatic carbocycles. The number of ether oxygens (including phenoxy) is 1. The van der Waals surface area contributed by atoms with Crippen LogP contribution in [0.1, 0.15) is 5.56 Å². The Hall–Kier alpha value is -1.00. The van der Waals surface area contributed by atoms with Gasteiger partial charge >= 0.3 is 0 Å². The number of benzene rings is 2. The zero-order valence-corrected chi connectivity index (χ0v) is 13.4. The fraction of sp³-hybridized carbons (Fsp3) is 0.200. The minimum Gasteiger partial charge on any atom is -0.488 e. The molecule has 19 heavy (non-hydrogen) atoms. The fourth-order valence-electron chi connectivity index (χ4n) is 2.20. The molecule has 0 radical (unpaired) electrons. The van der Waals surface area contributed by atoms with Gasteiger partial charge in [0, 0.05) is 21.1 Å². The van der Waals surface area contributed by atoms with Crippen molar-refractivity contribution in [3.8, 4) is 5.75 Å². The summed E-state index contributed by atoms with van der Waals surface area (Å²) in [6, 6.07) is 14.4. The molecule has 98 valence electrons. The van der Waals surface area contributed by atoms with Crippen LogP contribution in [0.25, 0.3) is 0 Å². The van der Waals surface area contributed by atoms with E-state index in [1.807, 2.05) is 24.3 Å². The molecule has 1 heterocycles. The quantitative estimate of drug-likeness (QED) is 0.835. The van der Waals surface area contributed by atoms with Gasteiger partial charge in [-0.25, -0.2) is 0 Å². The highest BCUT2D eigenvalue weighted by molar-refractivity contribution is 9.10. The second-order valence-corrected chi connectivity index (χ2v) is 6.42. The molecule has 0 saturated heterocycles. The maximum atomic E-state index is 5.91. The van der Waals surface area contributed by atoms with Crippen LogP contribution in [-0.2, 0) is 6.42 Å². The van der Waals surface area contributed by atoms with Gasteiger partial charge in [0.2, 0.25) is 0 Å². The molecule has 1 atom stereocenters. The molecule has 3 rings (SSSR count). The number of anilines is 1. The zero-order valence-electron chi connectivity index (χ0n) is 10.2. The molecular weight excluding hydrogens is 370 g/mol. The molecule has 2 aromatic rings. The Morgan fingerprint density at radius 1 is 1.05 bits per heavy atom. The summed E-state index contributed by atoms with van der Waals surface area (Å²) in [4.78, 5) is 0. The second kappa shape index (κ2) is 5.55. The minimum absolute atomic E-state index is 0.202. The van der Waals surface area contributed by atoms with Crippen molar-refractivity contribution in [2.45, 2.75) is 12.5 Å². The lowest BCUT2D eigenvalue weighted by molar-refractivity contribution is 0.246. The Kier molecular flexibility index (Phi) is 3.80. The normalized spacial score (nSPS) is 16.8. The lowest BCUT2D eigenvalue weighted by Crippen LogP contribution is -2.23. The molecule has 0 fully saturated rings. The first-order valence-electron chi connectivity index (χ1n) is 6.15. The van der Waals surface area contributed by atoms with Gasteiger partial charge in [0.05, 0.1) is 6.54 Å². The average molecular weight is 383 g/mol. The van der Waals surface area contributed by atoms with E-state index in [0.29, 0.717) is 0 Å². The van der Waals surface area contributed by atoms with Crippen LogP contribution in [0.3, 0.4) is 0 Å². The highest BCUT2D eigenvalue weighted by Gasteiger charge is 2.22. The largest absolute Gasteiger partial charge is 0.488 e. The highest BCUT2D eigenvalue weighted by atomic mass is 79.9. The molecule has 4 heteroatoms. The van der Waals surface area contributed by atoms with Crippen molar-refractivity contribution < 1.29 is 4.74 Å². The molecule has 1 aliphatic heterocycles. The van der Waals surface area contributed by atoms with Crippen LogP contribution in [0, 0.1) is 0 Å². The van der Waals surface area contributed by atoms with E-state index in [2.05, 4.69) is 55.4 Å². The van der Waals surface area contributed by atoms with Gasteiger partial charge in [-0.2, -0.15) is 0 Å². The first kappa shape index (κ1) is 13.0. The van der Waals surface area contributed by atoms with Crippen LogP contribution >= 0.6 is 31.9 Å². The van der Waals surface area contributed by atoms with Gasteiger partial charge < -0.3 is 10.1 Å². The Balaban J connectivity index is 1.60. The molecular formula is C15H13Br2NO. The van der Waals surface area contributed by atoms with E-state index < -0.39 is 0 Å². The maximum absolute atomic E-state index is 5.91. The van der Waals surface area contributed by atoms with Gasteiger partial charge in [-0.05, 0) is 48.0 Å². The molecule has 1 unspecified atom stereocenters. The van der Waals surface area contributed by atoms with E-state index in [1.54, 1.807) is 0 Å². The summed E-state index contributed by atoms with van der Waals surface area (Å²) in [6.45, 7) is 0.813. The van der Waals surface area contributed by atoms with Crippen LogP contribution in [-0.4, -0.2) is 12.6 Å². The molecule has 0 amide bonds. The third kappa shape index (κ3) is 3.12. The standard InChI is InChI=1S/C15H13Br2NO/c16-11-1-4-13(5-2-11)18-9-14-8-10-7-12(17)3-6-15(10)19-14/h1-7,14,18H,8-9H2. The van der Waals surface area contributed by atoms with Crippen molar-refractivity contribution in [3.63, 3.8) is 0 Å². The predicted octanol–water partition coefficient (Wildman–Crippen LogP) is 4.63. The average Bonchev–Trinajstić information content (AvgIpc) is 2.80. The topological polar surface area (TPSA) is 21.3 Å². The van der Waals surface area contributed by atoms with Crippen LogP contribution in [0.5, 0.6) is 5.75 Å². The maximum Gasteiger partial charge on any atom is 0.123 e. The van der Waals surface area contributed by atoms with Gasteiger partial charge in [0.1, 0.15) is 11.9 Å². The summed E-state index contributed by atoms with van der Waals surface area (Å²) in [5, 5.41) is 3.41. The number of rotatable bonds is 3. The summed E-state index contributed by atoms with van der Waals surface area (Å²) in [5.41, 5.74) is 2.39. The summed E-state index contributed by atoms with van der Waals surface area (Å²) in [6.07, 6.45) is 1.16. The van der Waals surface area contributed by atoms with E-state index in [1.165, 1.54) is 5.56 Å². The van der Waals surface area contributed by atoms with E-state index in [9.17, 15) is 0 Å². The lowest BCUT2D eigenvalue weighted by atomic mass is 10.1. The highest BCUT2D eigenvalue weighted by Crippen LogP contribution is 2.31. The van der Waals surface area contributed by atoms with Crippen molar-refractivity contribution >= 4 is 37.5 Å². The summed E-state index contributed by atoms with van der Waals surface area (Å²) < 4.78 is 8.11. The van der Waals surface area contributed by atoms with Crippen molar-refractivity contribution in [2.75, 3.05) is 11.9 Å². The fourth-order valence-corrected chi connectivity index (χ4v) is 2.88. The van der Waals surface area contributed by atoms with Gasteiger partial charge in [-0.1, -0.05) is 31.9 Å². The molecule has 0 aliphatic carbocycles. The molecule has 1 N–H and O–H groups in total. The van der Waals surface area contributed by atoms with Gasteiger partial charge in [0.25, 0.3) is 0 Å². The number of hydrogen-bond donors (Lipinski definition) is 1. The summed E-state index contributed by atoms with van der Waals surface area (Å²) in [7, 11) is 0. The van der Waals surface area contributed by atoms with Crippen LogP contribution in [0.4, 0.5) is 5.69 Å². The third-order valence-corrected chi connectivity index (χ3v) is 4.16. The first-order chi connectivity index (χ1) is 9.20. The van der Waals surface area contributed by atoms with Crippen molar-refractivity contribution in [1.29, 1.82) is 0 Å². The van der Waals surface area contributed by atoms with Gasteiger partial charge in [0.15, 0.2) is 0 Å². The summed E-state index contributed by atoms with van der Waals surface area (Å²) >= 11 is 6.92. The second-order valence-electron chi connectivity index (χ2n) is 4.58. The van der Waals surface area contributed by atoms with Crippen LogP contribution < -0.4 is 10.1 Å². The smallest absolute Gasteiger partial charge is 0.123 e. The Morgan fingerprint density at radius 2 is 1.79 bits per heavy atom. The Morgan fingerprint density at radius 3 is 2.58 bits per heavy atom. The van der Waals surface area contributed by atoms with Crippen LogP contribution in [0.15, 0.2) is 51.4 Å². The molecule has 0 spiro atoms. The Labute approximate surface area is 129 Å². The lowest BCUT2D eigenvalue weighted by Gasteiger charge is -2.12. The van der Waals surface area contributed by atoms with Crippen molar-refractivity contribution in [3.05, 3.63) is 57.0 Å². The molecule has 0 saturated carbocycles. The molecule has 2 nitrogen and oxygen atoms in total. The van der Waals surface area contributed by atoms with Gasteiger partial charge in [-0.15, -0.1) is 0 Å². The van der Waals surface area contributed by atoms with Gasteiger partial charge in [-0.3, -0.25) is 0 Å². The van der Waals surface area contributed by atoms with E-state index in [0.717, 1.165) is 33.3 Å². The predicted molar refractivity (Wildman–Crippen MR) is 84.9 cm³/mol. The molecule has 1 aliphatic rings. The molecule has 0 bridgehead atoms.